The predicted octanol–water partition coefficient (Wildman–Crippen LogP) is 2.24. The predicted molar refractivity (Wildman–Crippen MR) is 81.7 cm³/mol. The minimum Gasteiger partial charge on any atom is -0.370 e. The van der Waals surface area contributed by atoms with Crippen molar-refractivity contribution in [2.45, 2.75) is 18.6 Å². The maximum absolute atomic E-state index is 12.8. The highest BCUT2D eigenvalue weighted by Crippen LogP contribution is 2.41. The van der Waals surface area contributed by atoms with Crippen molar-refractivity contribution in [1.29, 1.82) is 0 Å². The molecule has 1 aliphatic rings. The number of aliphatic imine (C=N–C) groups is 1. The minimum atomic E-state index is -4.65. The van der Waals surface area contributed by atoms with Crippen LogP contribution in [0.3, 0.4) is 0 Å². The van der Waals surface area contributed by atoms with Crippen LogP contribution in [0.5, 0.6) is 0 Å². The molecule has 6 nitrogen and oxygen atoms in total. The van der Waals surface area contributed by atoms with E-state index < -0.39 is 43.0 Å². The van der Waals surface area contributed by atoms with E-state index >= 15 is 0 Å². The minimum absolute atomic E-state index is 0.0203. The van der Waals surface area contributed by atoms with Crippen LogP contribution in [0.15, 0.2) is 17.1 Å². The number of nitrogens with two attached hydrogens (primary N) is 2. The van der Waals surface area contributed by atoms with Gasteiger partial charge in [-0.2, -0.15) is 18.2 Å². The second-order valence-electron chi connectivity index (χ2n) is 5.05. The SMILES string of the molecule is NC(N)=NC(=O)C[C@@H]1c2cc(Cl)c(Cl)cc2C(=O)N1CC(F)(F)F. The zero-order valence-electron chi connectivity index (χ0n) is 11.9. The fourth-order valence-electron chi connectivity index (χ4n) is 2.44. The highest BCUT2D eigenvalue weighted by atomic mass is 35.5. The smallest absolute Gasteiger partial charge is 0.370 e. The van der Waals surface area contributed by atoms with E-state index in [9.17, 15) is 22.8 Å². The van der Waals surface area contributed by atoms with Crippen LogP contribution in [-0.4, -0.2) is 35.4 Å². The van der Waals surface area contributed by atoms with Crippen LogP contribution in [0.2, 0.25) is 10.0 Å². The van der Waals surface area contributed by atoms with E-state index in [1.165, 1.54) is 12.1 Å². The van der Waals surface area contributed by atoms with E-state index in [0.29, 0.717) is 4.90 Å². The summed E-state index contributed by atoms with van der Waals surface area (Å²) in [6.07, 6.45) is -5.17. The molecule has 130 valence electrons. The molecule has 0 aromatic heterocycles. The third-order valence-corrected chi connectivity index (χ3v) is 4.01. The molecular formula is C13H11Cl2F3N4O2. The van der Waals surface area contributed by atoms with Crippen LogP contribution < -0.4 is 11.5 Å². The van der Waals surface area contributed by atoms with E-state index in [-0.39, 0.29) is 21.2 Å². The van der Waals surface area contributed by atoms with E-state index in [1.54, 1.807) is 0 Å². The summed E-state index contributed by atoms with van der Waals surface area (Å²) in [5.74, 6) is -2.29. The average Bonchev–Trinajstić information content (AvgIpc) is 2.63. The van der Waals surface area contributed by atoms with Crippen LogP contribution >= 0.6 is 23.2 Å². The lowest BCUT2D eigenvalue weighted by molar-refractivity contribution is -0.145. The number of halogens is 5. The van der Waals surface area contributed by atoms with Gasteiger partial charge in [0.15, 0.2) is 5.96 Å². The molecule has 4 N–H and O–H groups in total. The van der Waals surface area contributed by atoms with E-state index in [0.717, 1.165) is 0 Å². The molecule has 0 saturated heterocycles. The van der Waals surface area contributed by atoms with Crippen molar-refractivity contribution in [3.8, 4) is 0 Å². The molecule has 0 spiro atoms. The molecule has 1 atom stereocenters. The van der Waals surface area contributed by atoms with Crippen LogP contribution in [0.4, 0.5) is 13.2 Å². The zero-order chi connectivity index (χ0) is 18.2. The summed E-state index contributed by atoms with van der Waals surface area (Å²) in [6.45, 7) is -1.53. The fraction of sp³-hybridized carbons (Fsp3) is 0.308. The largest absolute Gasteiger partial charge is 0.406 e. The van der Waals surface area contributed by atoms with Crippen LogP contribution in [-0.2, 0) is 4.79 Å². The van der Waals surface area contributed by atoms with E-state index in [2.05, 4.69) is 4.99 Å². The van der Waals surface area contributed by atoms with Crippen molar-refractivity contribution in [3.63, 3.8) is 0 Å². The van der Waals surface area contributed by atoms with Gasteiger partial charge in [-0.1, -0.05) is 23.2 Å². The molecule has 0 radical (unpaired) electrons. The molecule has 0 aliphatic carbocycles. The van der Waals surface area contributed by atoms with Gasteiger partial charge in [0.2, 0.25) is 0 Å². The summed E-state index contributed by atoms with van der Waals surface area (Å²) < 4.78 is 38.4. The van der Waals surface area contributed by atoms with Crippen molar-refractivity contribution >= 4 is 41.0 Å². The van der Waals surface area contributed by atoms with Gasteiger partial charge in [0.1, 0.15) is 6.54 Å². The first-order chi connectivity index (χ1) is 11.0. The zero-order valence-corrected chi connectivity index (χ0v) is 13.4. The lowest BCUT2D eigenvalue weighted by atomic mass is 10.0. The molecule has 11 heteroatoms. The second-order valence-corrected chi connectivity index (χ2v) is 5.87. The van der Waals surface area contributed by atoms with E-state index in [1.807, 2.05) is 0 Å². The number of nitrogens with zero attached hydrogens (tertiary/aromatic N) is 2. The number of hydrogen-bond donors (Lipinski definition) is 2. The third kappa shape index (κ3) is 3.90. The molecule has 1 aliphatic heterocycles. The topological polar surface area (TPSA) is 102 Å². The number of carbonyl (C=O) groups excluding carboxylic acids is 2. The highest BCUT2D eigenvalue weighted by molar-refractivity contribution is 6.42. The van der Waals surface area contributed by atoms with Gasteiger partial charge >= 0.3 is 6.18 Å². The second kappa shape index (κ2) is 6.48. The van der Waals surface area contributed by atoms with Gasteiger partial charge in [-0.3, -0.25) is 9.59 Å². The quantitative estimate of drug-likeness (QED) is 0.618. The monoisotopic (exact) mass is 382 g/mol. The molecule has 0 bridgehead atoms. The van der Waals surface area contributed by atoms with Crippen LogP contribution in [0.1, 0.15) is 28.4 Å². The Hall–Kier alpha value is -2.00. The van der Waals surface area contributed by atoms with Gasteiger partial charge < -0.3 is 16.4 Å². The molecule has 0 saturated carbocycles. The molecule has 1 aromatic carbocycles. The van der Waals surface area contributed by atoms with Crippen molar-refractivity contribution in [2.75, 3.05) is 6.54 Å². The number of benzene rings is 1. The first-order valence-corrected chi connectivity index (χ1v) is 7.24. The Morgan fingerprint density at radius 2 is 1.83 bits per heavy atom. The van der Waals surface area contributed by atoms with Crippen molar-refractivity contribution < 1.29 is 22.8 Å². The van der Waals surface area contributed by atoms with Gasteiger partial charge in [-0.15, -0.1) is 0 Å². The summed E-state index contributed by atoms with van der Waals surface area (Å²) in [6, 6.07) is 1.25. The number of alkyl halides is 3. The summed E-state index contributed by atoms with van der Waals surface area (Å²) in [4.78, 5) is 27.8. The lowest BCUT2D eigenvalue weighted by Gasteiger charge is -2.25. The molecule has 2 amide bonds. The molecular weight excluding hydrogens is 372 g/mol. The number of amides is 2. The normalized spacial score (nSPS) is 17.0. The van der Waals surface area contributed by atoms with Gasteiger partial charge in [0.05, 0.1) is 22.5 Å². The lowest BCUT2D eigenvalue weighted by Crippen LogP contribution is -2.37. The Kier molecular flexibility index (Phi) is 4.95. The Morgan fingerprint density at radius 1 is 1.25 bits per heavy atom. The Morgan fingerprint density at radius 3 is 2.38 bits per heavy atom. The first-order valence-electron chi connectivity index (χ1n) is 6.48. The van der Waals surface area contributed by atoms with Gasteiger partial charge in [0.25, 0.3) is 11.8 Å². The van der Waals surface area contributed by atoms with Crippen molar-refractivity contribution in [2.24, 2.45) is 16.5 Å². The molecule has 2 rings (SSSR count). The molecule has 0 fully saturated rings. The number of hydrogen-bond acceptors (Lipinski definition) is 2. The van der Waals surface area contributed by atoms with Crippen LogP contribution in [0.25, 0.3) is 0 Å². The number of rotatable bonds is 3. The fourth-order valence-corrected chi connectivity index (χ4v) is 2.77. The Balaban J connectivity index is 2.45. The summed E-state index contributed by atoms with van der Waals surface area (Å²) >= 11 is 11.7. The maximum Gasteiger partial charge on any atom is 0.406 e. The van der Waals surface area contributed by atoms with Crippen molar-refractivity contribution in [3.05, 3.63) is 33.3 Å². The standard InChI is InChI=1S/C13H11Cl2F3N4O2/c14-7-1-5-6(2-8(7)15)11(24)22(4-13(16,17)18)9(5)3-10(23)21-12(19)20/h1-2,9H,3-4H2,(H4,19,20,21,23)/t9-/m1/s1. The Labute approximate surface area is 144 Å². The third-order valence-electron chi connectivity index (χ3n) is 3.29. The highest BCUT2D eigenvalue weighted by Gasteiger charge is 2.44. The first kappa shape index (κ1) is 18.3. The average molecular weight is 383 g/mol. The summed E-state index contributed by atoms with van der Waals surface area (Å²) in [5, 5.41) is 0.0725. The van der Waals surface area contributed by atoms with Crippen LogP contribution in [0, 0.1) is 0 Å². The summed E-state index contributed by atoms with van der Waals surface area (Å²) in [7, 11) is 0. The number of carbonyl (C=O) groups is 2. The van der Waals surface area contributed by atoms with Crippen molar-refractivity contribution in [1.82, 2.24) is 4.90 Å². The van der Waals surface area contributed by atoms with Gasteiger partial charge in [0, 0.05) is 5.56 Å². The molecule has 1 heterocycles. The summed E-state index contributed by atoms with van der Waals surface area (Å²) in [5.41, 5.74) is 10.3. The molecule has 1 aromatic rings. The van der Waals surface area contributed by atoms with Gasteiger partial charge in [-0.25, -0.2) is 0 Å². The molecule has 0 unspecified atom stereocenters. The molecule has 24 heavy (non-hydrogen) atoms. The Bertz CT molecular complexity index is 733. The number of guanidine groups is 1. The van der Waals surface area contributed by atoms with Gasteiger partial charge in [-0.05, 0) is 17.7 Å². The van der Waals surface area contributed by atoms with E-state index in [4.69, 9.17) is 34.7 Å². The number of fused-ring (bicyclic) bond motifs is 1. The maximum atomic E-state index is 12.8.